The third-order valence-electron chi connectivity index (χ3n) is 3.96. The molecule has 0 unspecified atom stereocenters. The molecule has 0 saturated carbocycles. The van der Waals surface area contributed by atoms with Crippen LogP contribution in [0.2, 0.25) is 0 Å². The second kappa shape index (κ2) is 8.43. The molecule has 0 aliphatic rings. The predicted octanol–water partition coefficient (Wildman–Crippen LogP) is 4.32. The maximum absolute atomic E-state index is 14.3. The van der Waals surface area contributed by atoms with E-state index in [4.69, 9.17) is 14.2 Å². The molecule has 0 bridgehead atoms. The van der Waals surface area contributed by atoms with E-state index in [9.17, 15) is 9.18 Å². The van der Waals surface area contributed by atoms with Gasteiger partial charge in [0, 0.05) is 30.3 Å². The number of aromatic nitrogens is 1. The number of hydrogen-bond donors (Lipinski definition) is 2. The lowest BCUT2D eigenvalue weighted by molar-refractivity contribution is 0.252. The molecule has 0 aliphatic heterocycles. The highest BCUT2D eigenvalue weighted by Crippen LogP contribution is 2.37. The summed E-state index contributed by atoms with van der Waals surface area (Å²) in [5.74, 6) is 1.23. The average Bonchev–Trinajstić information content (AvgIpc) is 2.69. The summed E-state index contributed by atoms with van der Waals surface area (Å²) in [6.07, 6.45) is 1.59. The van der Waals surface area contributed by atoms with E-state index in [1.807, 2.05) is 0 Å². The number of ether oxygens (including phenoxy) is 3. The van der Waals surface area contributed by atoms with Crippen LogP contribution in [0.3, 0.4) is 0 Å². The van der Waals surface area contributed by atoms with Gasteiger partial charge in [0.2, 0.25) is 0 Å². The average molecular weight is 385 g/mol. The van der Waals surface area contributed by atoms with Crippen LogP contribution < -0.4 is 24.8 Å². The second-order valence-corrected chi connectivity index (χ2v) is 5.76. The van der Waals surface area contributed by atoms with E-state index in [0.717, 1.165) is 0 Å². The summed E-state index contributed by atoms with van der Waals surface area (Å²) in [5.41, 5.74) is 0.703. The monoisotopic (exact) mass is 385 g/mol. The molecule has 0 radical (unpaired) electrons. The molecule has 0 spiro atoms. The van der Waals surface area contributed by atoms with Gasteiger partial charge in [-0.25, -0.2) is 9.18 Å². The summed E-state index contributed by atoms with van der Waals surface area (Å²) in [5, 5.41) is 5.66. The lowest BCUT2D eigenvalue weighted by Crippen LogP contribution is -2.28. The number of rotatable bonds is 6. The first kappa shape index (κ1) is 19.2. The van der Waals surface area contributed by atoms with Crippen molar-refractivity contribution in [1.82, 2.24) is 10.3 Å². The lowest BCUT2D eigenvalue weighted by atomic mass is 10.2. The zero-order chi connectivity index (χ0) is 20.1. The summed E-state index contributed by atoms with van der Waals surface area (Å²) in [6, 6.07) is 8.89. The van der Waals surface area contributed by atoms with Crippen molar-refractivity contribution < 1.29 is 23.4 Å². The molecule has 7 nitrogen and oxygen atoms in total. The van der Waals surface area contributed by atoms with Crippen LogP contribution >= 0.6 is 0 Å². The van der Waals surface area contributed by atoms with Crippen LogP contribution in [0.15, 0.2) is 42.6 Å². The summed E-state index contributed by atoms with van der Waals surface area (Å²) >= 11 is 0. The van der Waals surface area contributed by atoms with E-state index in [0.29, 0.717) is 34.7 Å². The maximum atomic E-state index is 14.3. The van der Waals surface area contributed by atoms with Crippen molar-refractivity contribution in [3.05, 3.63) is 48.4 Å². The van der Waals surface area contributed by atoms with E-state index in [2.05, 4.69) is 15.6 Å². The number of nitrogens with one attached hydrogen (secondary N) is 2. The van der Waals surface area contributed by atoms with Crippen molar-refractivity contribution in [2.45, 2.75) is 6.92 Å². The zero-order valence-electron chi connectivity index (χ0n) is 15.7. The fraction of sp³-hybridized carbons (Fsp3) is 0.200. The largest absolute Gasteiger partial charge is 0.493 e. The van der Waals surface area contributed by atoms with Crippen LogP contribution in [0.25, 0.3) is 10.9 Å². The van der Waals surface area contributed by atoms with Gasteiger partial charge in [0.15, 0.2) is 11.5 Å². The number of hydrogen-bond acceptors (Lipinski definition) is 5. The standard InChI is InChI=1S/C20H20FN3O4/c1-4-22-20(25)24-15-6-5-12(9-14(15)21)28-17-7-8-23-16-11-19(27-3)18(26-2)10-13(16)17/h5-11H,4H2,1-3H3,(H2,22,24,25). The topological polar surface area (TPSA) is 81.7 Å². The van der Waals surface area contributed by atoms with Crippen molar-refractivity contribution in [2.24, 2.45) is 0 Å². The van der Waals surface area contributed by atoms with Gasteiger partial charge in [0.1, 0.15) is 17.3 Å². The van der Waals surface area contributed by atoms with Crippen molar-refractivity contribution >= 4 is 22.6 Å². The molecule has 28 heavy (non-hydrogen) atoms. The van der Waals surface area contributed by atoms with Crippen molar-refractivity contribution in [3.63, 3.8) is 0 Å². The highest BCUT2D eigenvalue weighted by Gasteiger charge is 2.13. The Morgan fingerprint density at radius 3 is 2.50 bits per heavy atom. The molecule has 0 saturated heterocycles. The van der Waals surface area contributed by atoms with E-state index in [1.54, 1.807) is 44.5 Å². The van der Waals surface area contributed by atoms with Gasteiger partial charge >= 0.3 is 6.03 Å². The SMILES string of the molecule is CCNC(=O)Nc1ccc(Oc2ccnc3cc(OC)c(OC)cc23)cc1F. The van der Waals surface area contributed by atoms with Crippen molar-refractivity contribution in [1.29, 1.82) is 0 Å². The number of amides is 2. The number of nitrogens with zero attached hydrogens (tertiary/aromatic N) is 1. The molecule has 8 heteroatoms. The van der Waals surface area contributed by atoms with Crippen LogP contribution in [0.4, 0.5) is 14.9 Å². The number of benzene rings is 2. The zero-order valence-corrected chi connectivity index (χ0v) is 15.7. The third kappa shape index (κ3) is 4.06. The number of urea groups is 1. The number of carbonyl (C=O) groups is 1. The third-order valence-corrected chi connectivity index (χ3v) is 3.96. The molecule has 3 aromatic rings. The Kier molecular flexibility index (Phi) is 5.78. The van der Waals surface area contributed by atoms with Crippen LogP contribution in [-0.2, 0) is 0 Å². The molecule has 3 rings (SSSR count). The molecule has 1 heterocycles. The Labute approximate surface area is 161 Å². The van der Waals surface area contributed by atoms with Gasteiger partial charge in [0.05, 0.1) is 25.4 Å². The van der Waals surface area contributed by atoms with Gasteiger partial charge in [-0.05, 0) is 31.2 Å². The highest BCUT2D eigenvalue weighted by atomic mass is 19.1. The smallest absolute Gasteiger partial charge is 0.319 e. The fourth-order valence-corrected chi connectivity index (χ4v) is 2.65. The van der Waals surface area contributed by atoms with Gasteiger partial charge in [0.25, 0.3) is 0 Å². The number of halogens is 1. The fourth-order valence-electron chi connectivity index (χ4n) is 2.65. The lowest BCUT2D eigenvalue weighted by Gasteiger charge is -2.13. The molecule has 0 fully saturated rings. The Balaban J connectivity index is 1.90. The Morgan fingerprint density at radius 1 is 1.07 bits per heavy atom. The minimum Gasteiger partial charge on any atom is -0.493 e. The predicted molar refractivity (Wildman–Crippen MR) is 104 cm³/mol. The summed E-state index contributed by atoms with van der Waals surface area (Å²) in [6.45, 7) is 2.22. The van der Waals surface area contributed by atoms with E-state index >= 15 is 0 Å². The van der Waals surface area contributed by atoms with Crippen LogP contribution in [0.5, 0.6) is 23.0 Å². The molecule has 2 N–H and O–H groups in total. The number of anilines is 1. The Morgan fingerprint density at radius 2 is 1.82 bits per heavy atom. The van der Waals surface area contributed by atoms with Gasteiger partial charge in [-0.15, -0.1) is 0 Å². The van der Waals surface area contributed by atoms with Crippen LogP contribution in [0, 0.1) is 5.82 Å². The molecule has 0 atom stereocenters. The normalized spacial score (nSPS) is 10.4. The second-order valence-electron chi connectivity index (χ2n) is 5.76. The van der Waals surface area contributed by atoms with Crippen LogP contribution in [0.1, 0.15) is 6.92 Å². The van der Waals surface area contributed by atoms with E-state index in [-0.39, 0.29) is 11.4 Å². The van der Waals surface area contributed by atoms with Gasteiger partial charge in [-0.1, -0.05) is 0 Å². The number of pyridine rings is 1. The summed E-state index contributed by atoms with van der Waals surface area (Å²) < 4.78 is 30.8. The molecule has 1 aromatic heterocycles. The molecular formula is C20H20FN3O4. The Hall–Kier alpha value is -3.55. The van der Waals surface area contributed by atoms with E-state index < -0.39 is 11.8 Å². The molecular weight excluding hydrogens is 365 g/mol. The van der Waals surface area contributed by atoms with Crippen LogP contribution in [-0.4, -0.2) is 31.8 Å². The van der Waals surface area contributed by atoms with Crippen molar-refractivity contribution in [2.75, 3.05) is 26.1 Å². The summed E-state index contributed by atoms with van der Waals surface area (Å²) in [7, 11) is 3.08. The number of methoxy groups -OCH3 is 2. The highest BCUT2D eigenvalue weighted by molar-refractivity contribution is 5.90. The molecule has 2 aromatic carbocycles. The van der Waals surface area contributed by atoms with Crippen molar-refractivity contribution in [3.8, 4) is 23.0 Å². The molecule has 146 valence electrons. The van der Waals surface area contributed by atoms with Gasteiger partial charge < -0.3 is 24.8 Å². The molecule has 2 amide bonds. The number of fused-ring (bicyclic) bond motifs is 1. The maximum Gasteiger partial charge on any atom is 0.319 e. The number of carbonyl (C=O) groups excluding carboxylic acids is 1. The quantitative estimate of drug-likeness (QED) is 0.660. The first-order valence-electron chi connectivity index (χ1n) is 8.58. The Bertz CT molecular complexity index is 1010. The van der Waals surface area contributed by atoms with Gasteiger partial charge in [-0.2, -0.15) is 0 Å². The first-order valence-corrected chi connectivity index (χ1v) is 8.58. The minimum absolute atomic E-state index is 0.0595. The summed E-state index contributed by atoms with van der Waals surface area (Å²) in [4.78, 5) is 15.9. The van der Waals surface area contributed by atoms with Gasteiger partial charge in [-0.3, -0.25) is 4.98 Å². The minimum atomic E-state index is -0.610. The first-order chi connectivity index (χ1) is 13.5. The molecule has 0 aliphatic carbocycles. The van der Waals surface area contributed by atoms with E-state index in [1.165, 1.54) is 19.2 Å².